The summed E-state index contributed by atoms with van der Waals surface area (Å²) >= 11 is 5.84. The monoisotopic (exact) mass is 252 g/mol. The van der Waals surface area contributed by atoms with Gasteiger partial charge >= 0.3 is 0 Å². The standard InChI is InChI=1S/C13H10ClFO2/c1-17-13-6-8(2-3-12(13)15)9-4-10(14)7-11(16)5-9/h2-7,16H,1H3. The molecule has 0 aliphatic carbocycles. The van der Waals surface area contributed by atoms with Crippen molar-refractivity contribution in [2.45, 2.75) is 0 Å². The Balaban J connectivity index is 2.52. The van der Waals surface area contributed by atoms with Gasteiger partial charge in [0.15, 0.2) is 11.6 Å². The van der Waals surface area contributed by atoms with Gasteiger partial charge in [0.1, 0.15) is 5.75 Å². The van der Waals surface area contributed by atoms with Crippen molar-refractivity contribution in [2.24, 2.45) is 0 Å². The van der Waals surface area contributed by atoms with E-state index in [0.29, 0.717) is 10.6 Å². The zero-order valence-corrected chi connectivity index (χ0v) is 9.83. The first-order valence-electron chi connectivity index (χ1n) is 4.93. The molecule has 0 aromatic heterocycles. The number of hydrogen-bond acceptors (Lipinski definition) is 2. The van der Waals surface area contributed by atoms with Crippen molar-refractivity contribution in [3.8, 4) is 22.6 Å². The lowest BCUT2D eigenvalue weighted by molar-refractivity contribution is 0.387. The van der Waals surface area contributed by atoms with Crippen LogP contribution in [0.15, 0.2) is 36.4 Å². The highest BCUT2D eigenvalue weighted by Gasteiger charge is 2.06. The number of methoxy groups -OCH3 is 1. The molecule has 0 spiro atoms. The summed E-state index contributed by atoms with van der Waals surface area (Å²) < 4.78 is 18.1. The van der Waals surface area contributed by atoms with Crippen molar-refractivity contribution in [1.82, 2.24) is 0 Å². The summed E-state index contributed by atoms with van der Waals surface area (Å²) in [6, 6.07) is 9.15. The molecule has 0 aliphatic rings. The second-order valence-corrected chi connectivity index (χ2v) is 3.98. The summed E-state index contributed by atoms with van der Waals surface area (Å²) in [7, 11) is 1.40. The molecule has 0 bridgehead atoms. The van der Waals surface area contributed by atoms with Crippen LogP contribution in [0.2, 0.25) is 5.02 Å². The number of ether oxygens (including phenoxy) is 1. The molecular weight excluding hydrogens is 243 g/mol. The number of hydrogen-bond donors (Lipinski definition) is 1. The van der Waals surface area contributed by atoms with Crippen molar-refractivity contribution in [3.63, 3.8) is 0 Å². The first-order chi connectivity index (χ1) is 8.10. The van der Waals surface area contributed by atoms with Crippen molar-refractivity contribution in [2.75, 3.05) is 7.11 Å². The third-order valence-electron chi connectivity index (χ3n) is 2.37. The summed E-state index contributed by atoms with van der Waals surface area (Å²) in [5, 5.41) is 9.87. The van der Waals surface area contributed by atoms with Crippen LogP contribution in [0.5, 0.6) is 11.5 Å². The molecule has 0 aliphatic heterocycles. The Labute approximate surface area is 103 Å². The molecule has 0 saturated heterocycles. The maximum Gasteiger partial charge on any atom is 0.165 e. The molecule has 2 aromatic rings. The third kappa shape index (κ3) is 2.50. The Bertz CT molecular complexity index is 535. The fourth-order valence-corrected chi connectivity index (χ4v) is 1.81. The van der Waals surface area contributed by atoms with E-state index < -0.39 is 5.82 Å². The topological polar surface area (TPSA) is 29.5 Å². The first-order valence-corrected chi connectivity index (χ1v) is 5.31. The van der Waals surface area contributed by atoms with Crippen LogP contribution in [0.1, 0.15) is 0 Å². The molecule has 2 rings (SSSR count). The molecule has 0 heterocycles. The predicted octanol–water partition coefficient (Wildman–Crippen LogP) is 3.86. The first kappa shape index (κ1) is 11.7. The molecule has 2 aromatic carbocycles. The molecule has 0 fully saturated rings. The van der Waals surface area contributed by atoms with Crippen LogP contribution in [0, 0.1) is 5.82 Å². The number of aromatic hydroxyl groups is 1. The Morgan fingerprint density at radius 1 is 1.12 bits per heavy atom. The van der Waals surface area contributed by atoms with Gasteiger partial charge in [-0.3, -0.25) is 0 Å². The lowest BCUT2D eigenvalue weighted by Gasteiger charge is -2.07. The van der Waals surface area contributed by atoms with Gasteiger partial charge in [0, 0.05) is 5.02 Å². The zero-order chi connectivity index (χ0) is 12.4. The molecule has 17 heavy (non-hydrogen) atoms. The van der Waals surface area contributed by atoms with Gasteiger partial charge in [-0.25, -0.2) is 4.39 Å². The van der Waals surface area contributed by atoms with Gasteiger partial charge in [-0.2, -0.15) is 0 Å². The molecule has 1 N–H and O–H groups in total. The number of halogens is 2. The Morgan fingerprint density at radius 2 is 1.88 bits per heavy atom. The summed E-state index contributed by atoms with van der Waals surface area (Å²) in [4.78, 5) is 0. The Morgan fingerprint density at radius 3 is 2.53 bits per heavy atom. The molecule has 0 amide bonds. The van der Waals surface area contributed by atoms with Crippen molar-refractivity contribution >= 4 is 11.6 Å². The third-order valence-corrected chi connectivity index (χ3v) is 2.59. The van der Waals surface area contributed by atoms with Crippen molar-refractivity contribution in [3.05, 3.63) is 47.2 Å². The Hall–Kier alpha value is -1.74. The highest BCUT2D eigenvalue weighted by Crippen LogP contribution is 2.30. The normalized spacial score (nSPS) is 10.3. The van der Waals surface area contributed by atoms with E-state index in [0.717, 1.165) is 5.56 Å². The fraction of sp³-hybridized carbons (Fsp3) is 0.0769. The molecule has 0 atom stereocenters. The highest BCUT2D eigenvalue weighted by atomic mass is 35.5. The number of rotatable bonds is 2. The van der Waals surface area contributed by atoms with Crippen LogP contribution in [0.25, 0.3) is 11.1 Å². The highest BCUT2D eigenvalue weighted by molar-refractivity contribution is 6.31. The second-order valence-electron chi connectivity index (χ2n) is 3.55. The lowest BCUT2D eigenvalue weighted by atomic mass is 10.1. The maximum atomic E-state index is 13.2. The second kappa shape index (κ2) is 4.63. The average Bonchev–Trinajstić information content (AvgIpc) is 2.28. The van der Waals surface area contributed by atoms with Gasteiger partial charge in [0.25, 0.3) is 0 Å². The molecule has 88 valence electrons. The van der Waals surface area contributed by atoms with Gasteiger partial charge in [-0.15, -0.1) is 0 Å². The van der Waals surface area contributed by atoms with E-state index in [9.17, 15) is 9.50 Å². The molecule has 0 radical (unpaired) electrons. The van der Waals surface area contributed by atoms with E-state index >= 15 is 0 Å². The van der Waals surface area contributed by atoms with Gasteiger partial charge in [0.2, 0.25) is 0 Å². The number of benzene rings is 2. The predicted molar refractivity (Wildman–Crippen MR) is 65.1 cm³/mol. The van der Waals surface area contributed by atoms with Gasteiger partial charge in [0.05, 0.1) is 7.11 Å². The van der Waals surface area contributed by atoms with Crippen LogP contribution in [0.4, 0.5) is 4.39 Å². The van der Waals surface area contributed by atoms with E-state index in [2.05, 4.69) is 0 Å². The summed E-state index contributed by atoms with van der Waals surface area (Å²) in [6.45, 7) is 0. The van der Waals surface area contributed by atoms with E-state index in [1.807, 2.05) is 0 Å². The molecule has 2 nitrogen and oxygen atoms in total. The fourth-order valence-electron chi connectivity index (χ4n) is 1.58. The van der Waals surface area contributed by atoms with Crippen LogP contribution >= 0.6 is 11.6 Å². The van der Waals surface area contributed by atoms with Gasteiger partial charge in [-0.05, 0) is 41.5 Å². The quantitative estimate of drug-likeness (QED) is 0.879. The SMILES string of the molecule is COc1cc(-c2cc(O)cc(Cl)c2)ccc1F. The minimum Gasteiger partial charge on any atom is -0.508 e. The maximum absolute atomic E-state index is 13.2. The van der Waals surface area contributed by atoms with Crippen molar-refractivity contribution < 1.29 is 14.2 Å². The number of phenols is 1. The van der Waals surface area contributed by atoms with Gasteiger partial charge < -0.3 is 9.84 Å². The van der Waals surface area contributed by atoms with Crippen LogP contribution in [0.3, 0.4) is 0 Å². The van der Waals surface area contributed by atoms with E-state index in [4.69, 9.17) is 16.3 Å². The van der Waals surface area contributed by atoms with Crippen LogP contribution in [-0.4, -0.2) is 12.2 Å². The van der Waals surface area contributed by atoms with Crippen LogP contribution < -0.4 is 4.74 Å². The zero-order valence-electron chi connectivity index (χ0n) is 9.08. The number of phenolic OH excluding ortho intramolecular Hbond substituents is 1. The molecular formula is C13H10ClFO2. The largest absolute Gasteiger partial charge is 0.508 e. The summed E-state index contributed by atoms with van der Waals surface area (Å²) in [5.41, 5.74) is 1.43. The molecule has 4 heteroatoms. The lowest BCUT2D eigenvalue weighted by Crippen LogP contribution is -1.88. The molecule has 0 saturated carbocycles. The summed E-state index contributed by atoms with van der Waals surface area (Å²) in [6.07, 6.45) is 0. The van der Waals surface area contributed by atoms with E-state index in [1.165, 1.54) is 19.2 Å². The average molecular weight is 253 g/mol. The van der Waals surface area contributed by atoms with E-state index in [-0.39, 0.29) is 11.5 Å². The van der Waals surface area contributed by atoms with Gasteiger partial charge in [-0.1, -0.05) is 17.7 Å². The van der Waals surface area contributed by atoms with Crippen LogP contribution in [-0.2, 0) is 0 Å². The van der Waals surface area contributed by atoms with Crippen molar-refractivity contribution in [1.29, 1.82) is 0 Å². The Kier molecular flexibility index (Phi) is 3.20. The summed E-state index contributed by atoms with van der Waals surface area (Å²) in [5.74, 6) is -0.208. The minimum atomic E-state index is -0.428. The minimum absolute atomic E-state index is 0.0655. The smallest absolute Gasteiger partial charge is 0.165 e. The van der Waals surface area contributed by atoms with E-state index in [1.54, 1.807) is 24.3 Å². The molecule has 0 unspecified atom stereocenters.